The molecule has 0 saturated carbocycles. The average molecular weight is 284 g/mol. The van der Waals surface area contributed by atoms with Gasteiger partial charge in [-0.1, -0.05) is 54.6 Å². The van der Waals surface area contributed by atoms with E-state index in [9.17, 15) is 5.11 Å². The SMILES string of the molecule is Cc1ccc2cc3ccccc3cc2c1-c1ccccc1O. The molecule has 0 amide bonds. The summed E-state index contributed by atoms with van der Waals surface area (Å²) in [5, 5.41) is 15.1. The summed E-state index contributed by atoms with van der Waals surface area (Å²) in [6, 6.07) is 24.6. The Bertz CT molecular complexity index is 999. The second-order valence-electron chi connectivity index (χ2n) is 5.70. The lowest BCUT2D eigenvalue weighted by Crippen LogP contribution is -1.87. The molecule has 0 unspecified atom stereocenters. The number of benzene rings is 4. The van der Waals surface area contributed by atoms with Crippen molar-refractivity contribution in [2.75, 3.05) is 0 Å². The number of aromatic hydroxyl groups is 1. The van der Waals surface area contributed by atoms with E-state index in [0.29, 0.717) is 5.75 Å². The monoisotopic (exact) mass is 284 g/mol. The molecule has 106 valence electrons. The predicted octanol–water partition coefficient (Wildman–Crippen LogP) is 5.67. The summed E-state index contributed by atoms with van der Waals surface area (Å²) in [6.07, 6.45) is 0. The highest BCUT2D eigenvalue weighted by atomic mass is 16.3. The lowest BCUT2D eigenvalue weighted by atomic mass is 9.92. The molecule has 0 atom stereocenters. The van der Waals surface area contributed by atoms with Gasteiger partial charge in [0.25, 0.3) is 0 Å². The predicted molar refractivity (Wildman–Crippen MR) is 93.3 cm³/mol. The minimum atomic E-state index is 0.325. The molecule has 1 heteroatoms. The van der Waals surface area contributed by atoms with Gasteiger partial charge in [0.2, 0.25) is 0 Å². The lowest BCUT2D eigenvalue weighted by Gasteiger charge is -2.13. The topological polar surface area (TPSA) is 20.2 Å². The summed E-state index contributed by atoms with van der Waals surface area (Å²) in [6.45, 7) is 2.09. The van der Waals surface area contributed by atoms with Gasteiger partial charge in [-0.05, 0) is 57.8 Å². The lowest BCUT2D eigenvalue weighted by molar-refractivity contribution is 0.477. The number of hydrogen-bond donors (Lipinski definition) is 1. The van der Waals surface area contributed by atoms with Crippen LogP contribution in [0.4, 0.5) is 0 Å². The van der Waals surface area contributed by atoms with Gasteiger partial charge in [-0.25, -0.2) is 0 Å². The minimum Gasteiger partial charge on any atom is -0.507 e. The molecule has 0 spiro atoms. The van der Waals surface area contributed by atoms with Crippen molar-refractivity contribution >= 4 is 21.5 Å². The van der Waals surface area contributed by atoms with E-state index in [1.807, 2.05) is 18.2 Å². The van der Waals surface area contributed by atoms with Gasteiger partial charge in [-0.15, -0.1) is 0 Å². The van der Waals surface area contributed by atoms with Gasteiger partial charge in [-0.3, -0.25) is 0 Å². The molecular weight excluding hydrogens is 268 g/mol. The molecule has 0 bridgehead atoms. The summed E-state index contributed by atoms with van der Waals surface area (Å²) in [7, 11) is 0. The van der Waals surface area contributed by atoms with Crippen LogP contribution in [0.1, 0.15) is 5.56 Å². The molecule has 0 heterocycles. The highest BCUT2D eigenvalue weighted by molar-refractivity contribution is 6.06. The molecule has 1 nitrogen and oxygen atoms in total. The molecule has 0 aliphatic carbocycles. The van der Waals surface area contributed by atoms with Crippen LogP contribution >= 0.6 is 0 Å². The zero-order valence-electron chi connectivity index (χ0n) is 12.4. The number of rotatable bonds is 1. The van der Waals surface area contributed by atoms with Crippen molar-refractivity contribution in [3.8, 4) is 16.9 Å². The van der Waals surface area contributed by atoms with Gasteiger partial charge < -0.3 is 5.11 Å². The van der Waals surface area contributed by atoms with E-state index < -0.39 is 0 Å². The Morgan fingerprint density at radius 1 is 0.682 bits per heavy atom. The van der Waals surface area contributed by atoms with Crippen molar-refractivity contribution in [2.24, 2.45) is 0 Å². The van der Waals surface area contributed by atoms with Crippen molar-refractivity contribution in [2.45, 2.75) is 6.92 Å². The Morgan fingerprint density at radius 3 is 2.14 bits per heavy atom. The van der Waals surface area contributed by atoms with E-state index in [4.69, 9.17) is 0 Å². The molecule has 1 N–H and O–H groups in total. The fraction of sp³-hybridized carbons (Fsp3) is 0.0476. The van der Waals surface area contributed by atoms with Crippen molar-refractivity contribution in [1.29, 1.82) is 0 Å². The Labute approximate surface area is 129 Å². The maximum absolute atomic E-state index is 10.3. The third-order valence-electron chi connectivity index (χ3n) is 4.27. The first-order chi connectivity index (χ1) is 10.7. The number of fused-ring (bicyclic) bond motifs is 2. The van der Waals surface area contributed by atoms with Crippen LogP contribution < -0.4 is 0 Å². The first kappa shape index (κ1) is 12.9. The third kappa shape index (κ3) is 1.94. The van der Waals surface area contributed by atoms with Crippen molar-refractivity contribution < 1.29 is 5.11 Å². The Morgan fingerprint density at radius 2 is 1.36 bits per heavy atom. The molecule has 4 aromatic rings. The minimum absolute atomic E-state index is 0.325. The number of aryl methyl sites for hydroxylation is 1. The molecule has 22 heavy (non-hydrogen) atoms. The smallest absolute Gasteiger partial charge is 0.123 e. The van der Waals surface area contributed by atoms with Gasteiger partial charge in [-0.2, -0.15) is 0 Å². The molecule has 4 rings (SSSR count). The highest BCUT2D eigenvalue weighted by Crippen LogP contribution is 2.38. The quantitative estimate of drug-likeness (QED) is 0.446. The maximum Gasteiger partial charge on any atom is 0.123 e. The molecule has 0 fully saturated rings. The second-order valence-corrected chi connectivity index (χ2v) is 5.70. The molecule has 0 aliphatic heterocycles. The van der Waals surface area contributed by atoms with E-state index in [2.05, 4.69) is 55.5 Å². The maximum atomic E-state index is 10.3. The number of phenolic OH excluding ortho intramolecular Hbond substituents is 1. The van der Waals surface area contributed by atoms with Crippen LogP contribution in [0.3, 0.4) is 0 Å². The Balaban J connectivity index is 2.15. The van der Waals surface area contributed by atoms with Crippen LogP contribution in [0, 0.1) is 6.92 Å². The Hall–Kier alpha value is -2.80. The van der Waals surface area contributed by atoms with Gasteiger partial charge in [0, 0.05) is 5.56 Å². The van der Waals surface area contributed by atoms with Gasteiger partial charge in [0.1, 0.15) is 5.75 Å². The molecule has 0 aliphatic rings. The first-order valence-corrected chi connectivity index (χ1v) is 7.44. The van der Waals surface area contributed by atoms with Crippen LogP contribution in [0.15, 0.2) is 72.8 Å². The summed E-state index contributed by atoms with van der Waals surface area (Å²) in [5.74, 6) is 0.325. The van der Waals surface area contributed by atoms with Crippen molar-refractivity contribution in [3.63, 3.8) is 0 Å². The standard InChI is InChI=1S/C21H16O/c1-14-10-11-17-12-15-6-2-3-7-16(15)13-19(17)21(14)18-8-4-5-9-20(18)22/h2-13,22H,1H3. The summed E-state index contributed by atoms with van der Waals surface area (Å²) in [4.78, 5) is 0. The third-order valence-corrected chi connectivity index (χ3v) is 4.27. The molecule has 0 saturated heterocycles. The number of hydrogen-bond acceptors (Lipinski definition) is 1. The normalized spacial score (nSPS) is 11.1. The highest BCUT2D eigenvalue weighted by Gasteiger charge is 2.11. The molecular formula is C21H16O. The zero-order chi connectivity index (χ0) is 15.1. The van der Waals surface area contributed by atoms with E-state index >= 15 is 0 Å². The largest absolute Gasteiger partial charge is 0.507 e. The van der Waals surface area contributed by atoms with E-state index in [1.54, 1.807) is 6.07 Å². The van der Waals surface area contributed by atoms with Gasteiger partial charge in [0.05, 0.1) is 0 Å². The van der Waals surface area contributed by atoms with Crippen LogP contribution in [0.5, 0.6) is 5.75 Å². The fourth-order valence-corrected chi connectivity index (χ4v) is 3.17. The fourth-order valence-electron chi connectivity index (χ4n) is 3.17. The summed E-state index contributed by atoms with van der Waals surface area (Å²) in [5.41, 5.74) is 3.17. The number of phenols is 1. The molecule has 0 aromatic heterocycles. The van der Waals surface area contributed by atoms with Crippen LogP contribution in [-0.2, 0) is 0 Å². The average Bonchev–Trinajstić information content (AvgIpc) is 2.54. The van der Waals surface area contributed by atoms with Gasteiger partial charge >= 0.3 is 0 Å². The zero-order valence-corrected chi connectivity index (χ0v) is 12.4. The van der Waals surface area contributed by atoms with E-state index in [1.165, 1.54) is 27.1 Å². The molecule has 0 radical (unpaired) electrons. The van der Waals surface area contributed by atoms with Crippen LogP contribution in [0.25, 0.3) is 32.7 Å². The second kappa shape index (κ2) is 4.88. The van der Waals surface area contributed by atoms with E-state index in [0.717, 1.165) is 11.1 Å². The Kier molecular flexibility index (Phi) is 2.87. The number of para-hydroxylation sites is 1. The van der Waals surface area contributed by atoms with Crippen LogP contribution in [0.2, 0.25) is 0 Å². The van der Waals surface area contributed by atoms with Crippen LogP contribution in [-0.4, -0.2) is 5.11 Å². The van der Waals surface area contributed by atoms with Crippen molar-refractivity contribution in [1.82, 2.24) is 0 Å². The van der Waals surface area contributed by atoms with E-state index in [-0.39, 0.29) is 0 Å². The molecule has 4 aromatic carbocycles. The summed E-state index contributed by atoms with van der Waals surface area (Å²) < 4.78 is 0. The first-order valence-electron chi connectivity index (χ1n) is 7.44. The van der Waals surface area contributed by atoms with Crippen molar-refractivity contribution in [3.05, 3.63) is 78.4 Å². The summed E-state index contributed by atoms with van der Waals surface area (Å²) >= 11 is 0. The van der Waals surface area contributed by atoms with Gasteiger partial charge in [0.15, 0.2) is 0 Å².